The average molecular weight is 97.8 g/mol. The minimum atomic E-state index is 0.412. The Morgan fingerprint density at radius 3 is 2.33 bits per heavy atom. The van der Waals surface area contributed by atoms with Gasteiger partial charge in [0.15, 0.2) is 5.88 Å². The van der Waals surface area contributed by atoms with E-state index in [1.165, 1.54) is 0 Å². The molecule has 0 rings (SSSR count). The second-order valence-electron chi connectivity index (χ2n) is 1.27. The lowest BCUT2D eigenvalue weighted by Crippen LogP contribution is -1.95. The highest BCUT2D eigenvalue weighted by molar-refractivity contribution is 8.16. The summed E-state index contributed by atoms with van der Waals surface area (Å²) in [6.07, 6.45) is 2.00. The molecule has 0 saturated heterocycles. The van der Waals surface area contributed by atoms with E-state index < -0.39 is 0 Å². The maximum absolute atomic E-state index is 4.09. The molecule has 6 heavy (non-hydrogen) atoms. The smallest absolute Gasteiger partial charge is 0.188 e. The van der Waals surface area contributed by atoms with E-state index in [1.54, 1.807) is 0 Å². The van der Waals surface area contributed by atoms with Crippen molar-refractivity contribution in [2.45, 2.75) is 6.92 Å². The third-order valence-corrected chi connectivity index (χ3v) is 0.643. The molecule has 0 aliphatic carbocycles. The van der Waals surface area contributed by atoms with Crippen molar-refractivity contribution in [2.75, 3.05) is 0 Å². The molecule has 0 aliphatic rings. The zero-order valence-corrected chi connectivity index (χ0v) is 5.07. The van der Waals surface area contributed by atoms with Crippen molar-refractivity contribution >= 4 is 26.1 Å². The molecule has 0 saturated carbocycles. The normalized spacial score (nSPS) is 9.67. The van der Waals surface area contributed by atoms with Crippen molar-refractivity contribution in [3.63, 3.8) is 0 Å². The van der Waals surface area contributed by atoms with Crippen molar-refractivity contribution in [2.24, 2.45) is 0 Å². The maximum Gasteiger partial charge on any atom is 0.188 e. The highest BCUT2D eigenvalue weighted by Gasteiger charge is 1.86. The van der Waals surface area contributed by atoms with E-state index in [0.717, 1.165) is 0 Å². The Bertz CT molecular complexity index is 50.8. The Labute approximate surface area is 45.8 Å². The molecule has 3 heteroatoms. The Kier molecular flexibility index (Phi) is 3.54. The summed E-state index contributed by atoms with van der Waals surface area (Å²) in [4.78, 5) is 0. The Hall–Kier alpha value is 0.220. The van der Waals surface area contributed by atoms with E-state index in [4.69, 9.17) is 0 Å². The molecule has 0 unspecified atom stereocenters. The molecule has 0 spiro atoms. The van der Waals surface area contributed by atoms with E-state index >= 15 is 0 Å². The third-order valence-electron chi connectivity index (χ3n) is 0.471. The molecule has 0 atom stereocenters. The van der Waals surface area contributed by atoms with E-state index in [0.29, 0.717) is 5.88 Å². The molecule has 0 amide bonds. The summed E-state index contributed by atoms with van der Waals surface area (Å²) in [5.74, 6) is 2.44. The first-order valence-corrected chi connectivity index (χ1v) is 2.60. The zero-order valence-electron chi connectivity index (χ0n) is 4.18. The van der Waals surface area contributed by atoms with Crippen LogP contribution < -0.4 is 0 Å². The van der Waals surface area contributed by atoms with Crippen LogP contribution >= 0.6 is 12.5 Å². The molecule has 0 N–H and O–H groups in total. The highest BCUT2D eigenvalue weighted by atomic mass is 32.1. The summed E-state index contributed by atoms with van der Waals surface area (Å²) in [6.45, 7) is 1.99. The summed E-state index contributed by atoms with van der Waals surface area (Å²) in [7, 11) is 2.03. The van der Waals surface area contributed by atoms with E-state index in [1.807, 2.05) is 26.7 Å². The van der Waals surface area contributed by atoms with Crippen LogP contribution in [0.3, 0.4) is 0 Å². The number of thiol groups is 1. The van der Waals surface area contributed by atoms with Crippen LogP contribution in [0.25, 0.3) is 0 Å². The summed E-state index contributed by atoms with van der Waals surface area (Å²) < 4.78 is 0. The second-order valence-corrected chi connectivity index (χ2v) is 2.08. The largest absolute Gasteiger partial charge is 0.231 e. The van der Waals surface area contributed by atoms with Gasteiger partial charge in [-0.15, -0.1) is 5.98 Å². The molecule has 0 aromatic heterocycles. The van der Waals surface area contributed by atoms with Gasteiger partial charge in [0.2, 0.25) is 0 Å². The molecule has 0 radical (unpaired) electrons. The fourth-order valence-corrected chi connectivity index (χ4v) is 0.451. The first-order valence-electron chi connectivity index (χ1n) is 2.08. The number of hydrogen-bond donors (Lipinski definition) is 1. The first-order chi connectivity index (χ1) is 2.77. The predicted octanol–water partition coefficient (Wildman–Crippen LogP) is 0.153. The summed E-state index contributed by atoms with van der Waals surface area (Å²) in [5.41, 5.74) is 0. The molecule has 32 valence electrons. The molecule has 0 fully saturated rings. The lowest BCUT2D eigenvalue weighted by atomic mass is 9.54. The first kappa shape index (κ1) is 6.22. The lowest BCUT2D eigenvalue weighted by molar-refractivity contribution is 1.78. The average Bonchev–Trinajstić information content (AvgIpc) is 1.35. The van der Waals surface area contributed by atoms with Crippen LogP contribution in [0.1, 0.15) is 6.92 Å². The fourth-order valence-electron chi connectivity index (χ4n) is 0.279. The molecule has 0 bridgehead atoms. The van der Waals surface area contributed by atoms with Crippen molar-refractivity contribution in [1.29, 1.82) is 0 Å². The molecule has 0 aromatic rings. The van der Waals surface area contributed by atoms with Gasteiger partial charge < -0.3 is 0 Å². The van der Waals surface area contributed by atoms with E-state index in [9.17, 15) is 0 Å². The molecular weight excluding hydrogens is 89.7 g/mol. The van der Waals surface area contributed by atoms with Gasteiger partial charge in [-0.05, 0) is 6.92 Å². The SMILES string of the molecule is BB(S)C=CC. The summed E-state index contributed by atoms with van der Waals surface area (Å²) in [6, 6.07) is 0. The minimum absolute atomic E-state index is 0.412. The molecule has 0 aliphatic heterocycles. The van der Waals surface area contributed by atoms with Crippen molar-refractivity contribution in [3.8, 4) is 0 Å². The van der Waals surface area contributed by atoms with Crippen LogP contribution in [-0.2, 0) is 0 Å². The van der Waals surface area contributed by atoms with E-state index in [-0.39, 0.29) is 0 Å². The van der Waals surface area contributed by atoms with Gasteiger partial charge in [0.05, 0.1) is 7.74 Å². The quantitative estimate of drug-likeness (QED) is 0.350. The van der Waals surface area contributed by atoms with Crippen LogP contribution in [0.5, 0.6) is 0 Å². The van der Waals surface area contributed by atoms with Gasteiger partial charge in [0, 0.05) is 0 Å². The Morgan fingerprint density at radius 2 is 2.33 bits per heavy atom. The van der Waals surface area contributed by atoms with Gasteiger partial charge in [0.1, 0.15) is 0 Å². The number of hydrogen-bond acceptors (Lipinski definition) is 1. The van der Waals surface area contributed by atoms with Crippen LogP contribution in [-0.4, -0.2) is 13.6 Å². The van der Waals surface area contributed by atoms with Crippen molar-refractivity contribution in [1.82, 2.24) is 0 Å². The van der Waals surface area contributed by atoms with Crippen molar-refractivity contribution < 1.29 is 0 Å². The van der Waals surface area contributed by atoms with E-state index in [2.05, 4.69) is 12.5 Å². The standard InChI is InChI=1S/C3H8B2S/c1-2-3-5(4)6/h2-3,6H,4H2,1H3. The van der Waals surface area contributed by atoms with Gasteiger partial charge in [-0.2, -0.15) is 0 Å². The summed E-state index contributed by atoms with van der Waals surface area (Å²) in [5, 5.41) is 0. The minimum Gasteiger partial charge on any atom is -0.231 e. The Morgan fingerprint density at radius 1 is 1.83 bits per heavy atom. The van der Waals surface area contributed by atoms with Crippen LogP contribution in [0.2, 0.25) is 0 Å². The molecular formula is C3H8B2S. The monoisotopic (exact) mass is 98.1 g/mol. The maximum atomic E-state index is 4.09. The molecule has 0 aromatic carbocycles. The van der Waals surface area contributed by atoms with Crippen molar-refractivity contribution in [3.05, 3.63) is 12.1 Å². The van der Waals surface area contributed by atoms with Gasteiger partial charge in [0.25, 0.3) is 0 Å². The molecule has 0 heterocycles. The zero-order chi connectivity index (χ0) is 4.99. The molecule has 0 nitrogen and oxygen atoms in total. The van der Waals surface area contributed by atoms with Gasteiger partial charge in [-0.1, -0.05) is 6.08 Å². The van der Waals surface area contributed by atoms with Gasteiger partial charge in [-0.3, -0.25) is 0 Å². The Balaban J connectivity index is 3.03. The lowest BCUT2D eigenvalue weighted by Gasteiger charge is -1.79. The highest BCUT2D eigenvalue weighted by Crippen LogP contribution is 1.80. The van der Waals surface area contributed by atoms with Crippen LogP contribution in [0.4, 0.5) is 0 Å². The third kappa shape index (κ3) is 4.22. The topological polar surface area (TPSA) is 0 Å². The predicted molar refractivity (Wildman–Crippen MR) is 38.1 cm³/mol. The number of rotatable bonds is 1. The summed E-state index contributed by atoms with van der Waals surface area (Å²) >= 11 is 4.09. The fraction of sp³-hybridized carbons (Fsp3) is 0.333. The van der Waals surface area contributed by atoms with Crippen LogP contribution in [0.15, 0.2) is 12.1 Å². The van der Waals surface area contributed by atoms with Gasteiger partial charge in [-0.25, -0.2) is 12.5 Å². The second kappa shape index (κ2) is 3.41. The van der Waals surface area contributed by atoms with Crippen LogP contribution in [0, 0.1) is 0 Å². The van der Waals surface area contributed by atoms with Gasteiger partial charge >= 0.3 is 0 Å². The number of allylic oxidation sites excluding steroid dienone is 1.